The Bertz CT molecular complexity index is 522. The van der Waals surface area contributed by atoms with Crippen molar-refractivity contribution in [2.45, 2.75) is 18.9 Å². The molecule has 0 aliphatic carbocycles. The summed E-state index contributed by atoms with van der Waals surface area (Å²) in [6.07, 6.45) is 1.23. The van der Waals surface area contributed by atoms with Crippen molar-refractivity contribution in [2.24, 2.45) is 0 Å². The summed E-state index contributed by atoms with van der Waals surface area (Å²) in [5.74, 6) is -1.62. The number of hydrogen-bond acceptors (Lipinski definition) is 4. The van der Waals surface area contributed by atoms with E-state index in [9.17, 15) is 14.7 Å². The maximum absolute atomic E-state index is 11.6. The lowest BCUT2D eigenvalue weighted by molar-refractivity contribution is -0.137. The van der Waals surface area contributed by atoms with Gasteiger partial charge in [-0.3, -0.25) is 4.79 Å². The van der Waals surface area contributed by atoms with Crippen molar-refractivity contribution in [3.63, 3.8) is 0 Å². The molecule has 0 spiro atoms. The van der Waals surface area contributed by atoms with Crippen LogP contribution in [0.2, 0.25) is 0 Å². The maximum Gasteiger partial charge on any atom is 0.347 e. The van der Waals surface area contributed by atoms with Gasteiger partial charge in [0.1, 0.15) is 5.76 Å². The highest BCUT2D eigenvalue weighted by Crippen LogP contribution is 2.20. The van der Waals surface area contributed by atoms with Crippen LogP contribution in [0.5, 0.6) is 0 Å². The Morgan fingerprint density at radius 1 is 1.37 bits per heavy atom. The third-order valence-electron chi connectivity index (χ3n) is 3.07. The second-order valence-corrected chi connectivity index (χ2v) is 4.30. The van der Waals surface area contributed by atoms with E-state index >= 15 is 0 Å². The van der Waals surface area contributed by atoms with Gasteiger partial charge in [0.2, 0.25) is 0 Å². The van der Waals surface area contributed by atoms with Crippen LogP contribution in [-0.2, 0) is 20.7 Å². The predicted molar refractivity (Wildman–Crippen MR) is 68.4 cm³/mol. The van der Waals surface area contributed by atoms with Crippen LogP contribution >= 0.6 is 0 Å². The zero-order chi connectivity index (χ0) is 13.8. The van der Waals surface area contributed by atoms with Gasteiger partial charge in [-0.2, -0.15) is 0 Å². The van der Waals surface area contributed by atoms with Crippen LogP contribution in [0.15, 0.2) is 41.7 Å². The number of aliphatic hydroxyl groups is 1. The van der Waals surface area contributed by atoms with Crippen molar-refractivity contribution in [1.82, 2.24) is 5.32 Å². The van der Waals surface area contributed by atoms with E-state index in [0.717, 1.165) is 5.56 Å². The van der Waals surface area contributed by atoms with E-state index in [1.54, 1.807) is 0 Å². The molecule has 1 atom stereocenters. The molecule has 5 nitrogen and oxygen atoms in total. The van der Waals surface area contributed by atoms with Crippen molar-refractivity contribution >= 4 is 11.9 Å². The first-order valence-corrected chi connectivity index (χ1v) is 5.99. The van der Waals surface area contributed by atoms with E-state index in [-0.39, 0.29) is 11.3 Å². The van der Waals surface area contributed by atoms with Crippen LogP contribution in [0, 0.1) is 0 Å². The number of carbonyl (C=O) groups excluding carboxylic acids is 2. The summed E-state index contributed by atoms with van der Waals surface area (Å²) in [6, 6.07) is 9.20. The highest BCUT2D eigenvalue weighted by atomic mass is 16.5. The summed E-state index contributed by atoms with van der Waals surface area (Å²) < 4.78 is 4.47. The number of benzene rings is 1. The first-order valence-electron chi connectivity index (χ1n) is 5.99. The molecule has 2 N–H and O–H groups in total. The number of methoxy groups -OCH3 is 1. The number of amides is 1. The van der Waals surface area contributed by atoms with Gasteiger partial charge in [0.25, 0.3) is 5.91 Å². The smallest absolute Gasteiger partial charge is 0.347 e. The van der Waals surface area contributed by atoms with Gasteiger partial charge in [-0.05, 0) is 18.4 Å². The molecule has 1 aromatic rings. The van der Waals surface area contributed by atoms with Crippen LogP contribution in [0.25, 0.3) is 0 Å². The Kier molecular flexibility index (Phi) is 3.85. The summed E-state index contributed by atoms with van der Waals surface area (Å²) in [5, 5.41) is 12.5. The molecule has 1 aliphatic heterocycles. The molecule has 0 saturated carbocycles. The first-order chi connectivity index (χ1) is 9.13. The molecule has 2 rings (SSSR count). The van der Waals surface area contributed by atoms with E-state index in [0.29, 0.717) is 12.8 Å². The molecule has 0 aromatic heterocycles. The zero-order valence-corrected chi connectivity index (χ0v) is 10.6. The standard InChI is InChI=1S/C14H15NO4/c1-19-14(18)11-12(16)10(15-13(11)17)8-7-9-5-3-2-4-6-9/h2-6,10,16H,7-8H2,1H3,(H,15,17). The molecule has 1 aliphatic rings. The van der Waals surface area contributed by atoms with Gasteiger partial charge in [-0.15, -0.1) is 0 Å². The Morgan fingerprint density at radius 3 is 2.68 bits per heavy atom. The van der Waals surface area contributed by atoms with Gasteiger partial charge in [-0.25, -0.2) is 4.79 Å². The fourth-order valence-electron chi connectivity index (χ4n) is 2.05. The fraction of sp³-hybridized carbons (Fsp3) is 0.286. The van der Waals surface area contributed by atoms with Gasteiger partial charge in [-0.1, -0.05) is 30.3 Å². The van der Waals surface area contributed by atoms with Crippen molar-refractivity contribution in [3.8, 4) is 0 Å². The van der Waals surface area contributed by atoms with Crippen LogP contribution in [-0.4, -0.2) is 30.1 Å². The topological polar surface area (TPSA) is 75.6 Å². The zero-order valence-electron chi connectivity index (χ0n) is 10.6. The van der Waals surface area contributed by atoms with Gasteiger partial charge in [0, 0.05) is 0 Å². The van der Waals surface area contributed by atoms with Gasteiger partial charge >= 0.3 is 5.97 Å². The molecule has 0 fully saturated rings. The summed E-state index contributed by atoms with van der Waals surface area (Å²) in [5.41, 5.74) is 0.816. The molecule has 5 heteroatoms. The van der Waals surface area contributed by atoms with Crippen molar-refractivity contribution in [1.29, 1.82) is 0 Å². The molecule has 1 aromatic carbocycles. The minimum Gasteiger partial charge on any atom is -0.509 e. The molecule has 100 valence electrons. The Labute approximate surface area is 110 Å². The second kappa shape index (κ2) is 5.56. The average Bonchev–Trinajstić information content (AvgIpc) is 2.71. The molecular formula is C14H15NO4. The minimum absolute atomic E-state index is 0.229. The number of hydrogen-bond donors (Lipinski definition) is 2. The SMILES string of the molecule is COC(=O)C1=C(O)C(CCc2ccccc2)NC1=O. The first kappa shape index (κ1) is 13.1. The van der Waals surface area contributed by atoms with Crippen molar-refractivity contribution in [2.75, 3.05) is 7.11 Å². The predicted octanol–water partition coefficient (Wildman–Crippen LogP) is 1.10. The number of nitrogens with one attached hydrogen (secondary N) is 1. The molecule has 1 unspecified atom stereocenters. The van der Waals surface area contributed by atoms with Crippen LogP contribution < -0.4 is 5.32 Å². The normalized spacial score (nSPS) is 18.4. The van der Waals surface area contributed by atoms with E-state index in [1.807, 2.05) is 30.3 Å². The summed E-state index contributed by atoms with van der Waals surface area (Å²) in [7, 11) is 1.17. The Balaban J connectivity index is 2.05. The summed E-state index contributed by atoms with van der Waals surface area (Å²) in [4.78, 5) is 22.9. The number of ether oxygens (including phenoxy) is 1. The van der Waals surface area contributed by atoms with E-state index in [4.69, 9.17) is 0 Å². The molecular weight excluding hydrogens is 246 g/mol. The number of esters is 1. The Morgan fingerprint density at radius 2 is 2.05 bits per heavy atom. The second-order valence-electron chi connectivity index (χ2n) is 4.30. The van der Waals surface area contributed by atoms with E-state index in [2.05, 4.69) is 10.1 Å². The number of rotatable bonds is 4. The van der Waals surface area contributed by atoms with Gasteiger partial charge in [0.05, 0.1) is 13.2 Å². The van der Waals surface area contributed by atoms with Gasteiger partial charge < -0.3 is 15.2 Å². The van der Waals surface area contributed by atoms with Crippen molar-refractivity contribution in [3.05, 3.63) is 47.2 Å². The monoisotopic (exact) mass is 261 g/mol. The maximum atomic E-state index is 11.6. The molecule has 19 heavy (non-hydrogen) atoms. The molecule has 1 heterocycles. The molecule has 0 radical (unpaired) electrons. The van der Waals surface area contributed by atoms with E-state index in [1.165, 1.54) is 7.11 Å². The summed E-state index contributed by atoms with van der Waals surface area (Å²) in [6.45, 7) is 0. The molecule has 1 amide bonds. The third kappa shape index (κ3) is 2.76. The van der Waals surface area contributed by atoms with Crippen LogP contribution in [0.3, 0.4) is 0 Å². The lowest BCUT2D eigenvalue weighted by Gasteiger charge is -2.10. The van der Waals surface area contributed by atoms with Crippen LogP contribution in [0.1, 0.15) is 12.0 Å². The lowest BCUT2D eigenvalue weighted by atomic mass is 10.0. The minimum atomic E-state index is -0.808. The highest BCUT2D eigenvalue weighted by molar-refractivity contribution is 6.18. The summed E-state index contributed by atoms with van der Waals surface area (Å²) >= 11 is 0. The lowest BCUT2D eigenvalue weighted by Crippen LogP contribution is -2.30. The number of aryl methyl sites for hydroxylation is 1. The highest BCUT2D eigenvalue weighted by Gasteiger charge is 2.36. The van der Waals surface area contributed by atoms with E-state index < -0.39 is 17.9 Å². The number of carbonyl (C=O) groups is 2. The molecule has 0 saturated heterocycles. The molecule has 0 bridgehead atoms. The van der Waals surface area contributed by atoms with Crippen molar-refractivity contribution < 1.29 is 19.4 Å². The fourth-order valence-corrected chi connectivity index (χ4v) is 2.05. The average molecular weight is 261 g/mol. The van der Waals surface area contributed by atoms with Crippen LogP contribution in [0.4, 0.5) is 0 Å². The number of aliphatic hydroxyl groups excluding tert-OH is 1. The van der Waals surface area contributed by atoms with Gasteiger partial charge in [0.15, 0.2) is 5.57 Å². The quantitative estimate of drug-likeness (QED) is 0.628. The largest absolute Gasteiger partial charge is 0.509 e. The Hall–Kier alpha value is -2.30. The third-order valence-corrected chi connectivity index (χ3v) is 3.07.